The molecule has 0 aliphatic rings. The minimum absolute atomic E-state index is 0.342. The van der Waals surface area contributed by atoms with Crippen LogP contribution in [0.4, 0.5) is 0 Å². The summed E-state index contributed by atoms with van der Waals surface area (Å²) in [4.78, 5) is 0. The molecule has 0 spiro atoms. The highest BCUT2D eigenvalue weighted by molar-refractivity contribution is 4.80. The van der Waals surface area contributed by atoms with Gasteiger partial charge in [0.2, 0.25) is 0 Å². The van der Waals surface area contributed by atoms with Crippen molar-refractivity contribution >= 4 is 0 Å². The molecule has 0 unspecified atom stereocenters. The Morgan fingerprint density at radius 2 is 0.627 bits per heavy atom. The molecule has 16 heteroatoms. The lowest BCUT2D eigenvalue weighted by Gasteiger charge is -2.33. The lowest BCUT2D eigenvalue weighted by molar-refractivity contribution is -0.117. The second-order valence-electron chi connectivity index (χ2n) is 11.1. The Morgan fingerprint density at radius 1 is 0.373 bits per heavy atom. The number of likely N-dealkylation sites (N-methyl/N-ethyl adjacent to an activating group) is 1. The van der Waals surface area contributed by atoms with E-state index in [9.17, 15) is 0 Å². The van der Waals surface area contributed by atoms with Crippen LogP contribution in [0, 0.1) is 5.41 Å². The molecular formula is C35H71NO15. The lowest BCUT2D eigenvalue weighted by Crippen LogP contribution is -2.42. The van der Waals surface area contributed by atoms with Crippen LogP contribution in [0.5, 0.6) is 0 Å². The number of rotatable bonds is 46. The van der Waals surface area contributed by atoms with Crippen molar-refractivity contribution in [2.24, 2.45) is 5.41 Å². The van der Waals surface area contributed by atoms with E-state index >= 15 is 0 Å². The number of hydrogen-bond donors (Lipinski definition) is 1. The fourth-order valence-electron chi connectivity index (χ4n) is 3.91. The van der Waals surface area contributed by atoms with Crippen molar-refractivity contribution in [3.63, 3.8) is 0 Å². The monoisotopic (exact) mass is 745 g/mol. The average molecular weight is 746 g/mol. The molecule has 0 heterocycles. The summed E-state index contributed by atoms with van der Waals surface area (Å²) >= 11 is 0. The van der Waals surface area contributed by atoms with Crippen LogP contribution in [-0.4, -0.2) is 213 Å². The summed E-state index contributed by atoms with van der Waals surface area (Å²) in [5.74, 6) is 0. The Morgan fingerprint density at radius 3 is 0.902 bits per heavy atom. The summed E-state index contributed by atoms with van der Waals surface area (Å²) in [5.41, 5.74) is -0.572. The summed E-state index contributed by atoms with van der Waals surface area (Å²) < 4.78 is 83.7. The Balaban J connectivity index is 4.53. The fourth-order valence-corrected chi connectivity index (χ4v) is 3.91. The van der Waals surface area contributed by atoms with Crippen LogP contribution in [0.1, 0.15) is 0 Å². The van der Waals surface area contributed by atoms with Crippen molar-refractivity contribution in [2.45, 2.75) is 0 Å². The Hall–Kier alpha value is -0.900. The highest BCUT2D eigenvalue weighted by Crippen LogP contribution is 2.21. The van der Waals surface area contributed by atoms with E-state index in [0.717, 1.165) is 6.54 Å². The molecular weight excluding hydrogens is 674 g/mol. The van der Waals surface area contributed by atoms with Crippen LogP contribution in [0.3, 0.4) is 0 Å². The molecule has 0 aromatic carbocycles. The first kappa shape index (κ1) is 50.1. The van der Waals surface area contributed by atoms with E-state index in [1.165, 1.54) is 0 Å². The highest BCUT2D eigenvalue weighted by Gasteiger charge is 2.32. The Kier molecular flexibility index (Phi) is 42.7. The lowest BCUT2D eigenvalue weighted by atomic mass is 9.92. The molecule has 0 rings (SSSR count). The topological polar surface area (TPSA) is 150 Å². The van der Waals surface area contributed by atoms with Crippen LogP contribution < -0.4 is 5.32 Å². The predicted molar refractivity (Wildman–Crippen MR) is 191 cm³/mol. The minimum atomic E-state index is -0.572. The Labute approximate surface area is 307 Å². The standard InChI is InChI=1S/C35H71NO15/c1-5-7-48-31-35(32-49-28-25-45-22-19-42-14-13-39-8-6-36-2,33-50-29-26-46-23-20-43-17-15-40-11-9-37-3)34-51-30-27-47-24-21-44-18-16-41-12-10-38-4/h5,36H,1,6-34H2,2-4H3. The largest absolute Gasteiger partial charge is 0.382 e. The van der Waals surface area contributed by atoms with Gasteiger partial charge in [0.1, 0.15) is 0 Å². The van der Waals surface area contributed by atoms with Crippen molar-refractivity contribution in [3.05, 3.63) is 12.7 Å². The highest BCUT2D eigenvalue weighted by atomic mass is 16.6. The van der Waals surface area contributed by atoms with Crippen LogP contribution in [0.2, 0.25) is 0 Å². The van der Waals surface area contributed by atoms with Gasteiger partial charge in [0.05, 0.1) is 190 Å². The third-order valence-electron chi connectivity index (χ3n) is 6.58. The molecule has 16 nitrogen and oxygen atoms in total. The maximum atomic E-state index is 6.05. The van der Waals surface area contributed by atoms with Crippen molar-refractivity contribution in [1.82, 2.24) is 5.32 Å². The number of hydrogen-bond acceptors (Lipinski definition) is 16. The van der Waals surface area contributed by atoms with Crippen LogP contribution in [0.15, 0.2) is 12.7 Å². The van der Waals surface area contributed by atoms with Crippen molar-refractivity contribution in [1.29, 1.82) is 0 Å². The van der Waals surface area contributed by atoms with Crippen LogP contribution >= 0.6 is 0 Å². The maximum absolute atomic E-state index is 6.05. The summed E-state index contributed by atoms with van der Waals surface area (Å²) in [5, 5.41) is 3.03. The van der Waals surface area contributed by atoms with Gasteiger partial charge in [-0.1, -0.05) is 6.08 Å². The van der Waals surface area contributed by atoms with Gasteiger partial charge in [-0.3, -0.25) is 0 Å². The number of nitrogens with one attached hydrogen (secondary N) is 1. The smallest absolute Gasteiger partial charge is 0.0701 e. The molecule has 0 radical (unpaired) electrons. The molecule has 0 bridgehead atoms. The van der Waals surface area contributed by atoms with Crippen molar-refractivity contribution in [2.75, 3.05) is 213 Å². The summed E-state index contributed by atoms with van der Waals surface area (Å²) in [6.45, 7) is 17.7. The van der Waals surface area contributed by atoms with E-state index in [4.69, 9.17) is 71.1 Å². The van der Waals surface area contributed by atoms with Gasteiger partial charge in [-0.25, -0.2) is 0 Å². The van der Waals surface area contributed by atoms with Gasteiger partial charge < -0.3 is 76.4 Å². The second kappa shape index (κ2) is 43.5. The van der Waals surface area contributed by atoms with E-state index in [2.05, 4.69) is 11.9 Å². The maximum Gasteiger partial charge on any atom is 0.0701 e. The van der Waals surface area contributed by atoms with Gasteiger partial charge in [0.25, 0.3) is 0 Å². The predicted octanol–water partition coefficient (Wildman–Crippen LogP) is 0.887. The quantitative estimate of drug-likeness (QED) is 0.0694. The summed E-state index contributed by atoms with van der Waals surface area (Å²) in [6.07, 6.45) is 1.71. The first-order valence-electron chi connectivity index (χ1n) is 18.0. The molecule has 0 aliphatic heterocycles. The molecule has 0 atom stereocenters. The first-order chi connectivity index (χ1) is 25.2. The molecule has 0 saturated carbocycles. The normalized spacial score (nSPS) is 11.9. The van der Waals surface area contributed by atoms with Gasteiger partial charge in [-0.2, -0.15) is 0 Å². The van der Waals surface area contributed by atoms with E-state index in [1.807, 2.05) is 7.05 Å². The molecule has 0 aromatic rings. The number of ether oxygens (including phenoxy) is 15. The third kappa shape index (κ3) is 38.6. The Bertz CT molecular complexity index is 595. The van der Waals surface area contributed by atoms with E-state index in [1.54, 1.807) is 20.3 Å². The zero-order chi connectivity index (χ0) is 37.0. The van der Waals surface area contributed by atoms with Crippen LogP contribution in [-0.2, 0) is 71.1 Å². The third-order valence-corrected chi connectivity index (χ3v) is 6.58. The molecule has 0 aliphatic carbocycles. The van der Waals surface area contributed by atoms with Crippen molar-refractivity contribution in [3.8, 4) is 0 Å². The van der Waals surface area contributed by atoms with E-state index in [0.29, 0.717) is 185 Å². The van der Waals surface area contributed by atoms with Crippen molar-refractivity contribution < 1.29 is 71.1 Å². The second-order valence-corrected chi connectivity index (χ2v) is 11.1. The minimum Gasteiger partial charge on any atom is -0.382 e. The van der Waals surface area contributed by atoms with Gasteiger partial charge in [0, 0.05) is 20.8 Å². The molecule has 1 N–H and O–H groups in total. The van der Waals surface area contributed by atoms with Gasteiger partial charge >= 0.3 is 0 Å². The molecule has 0 aromatic heterocycles. The average Bonchev–Trinajstić information content (AvgIpc) is 3.14. The molecule has 0 saturated heterocycles. The van der Waals surface area contributed by atoms with Gasteiger partial charge in [0.15, 0.2) is 0 Å². The van der Waals surface area contributed by atoms with Gasteiger partial charge in [-0.05, 0) is 7.05 Å². The van der Waals surface area contributed by atoms with E-state index in [-0.39, 0.29) is 0 Å². The summed E-state index contributed by atoms with van der Waals surface area (Å²) in [7, 11) is 5.17. The molecule has 0 amide bonds. The van der Waals surface area contributed by atoms with Crippen LogP contribution in [0.25, 0.3) is 0 Å². The van der Waals surface area contributed by atoms with Gasteiger partial charge in [-0.15, -0.1) is 6.58 Å². The SMILES string of the molecule is C=CCOCC(COCCOCCOCCOCCNC)(COCCOCCOCCOCCOC)COCCOCCOCCOCCOC. The zero-order valence-electron chi connectivity index (χ0n) is 31.9. The first-order valence-corrected chi connectivity index (χ1v) is 18.0. The number of methoxy groups -OCH3 is 2. The van der Waals surface area contributed by atoms with E-state index < -0.39 is 5.41 Å². The zero-order valence-corrected chi connectivity index (χ0v) is 31.9. The molecule has 0 fully saturated rings. The fraction of sp³-hybridized carbons (Fsp3) is 0.943. The molecule has 306 valence electrons. The molecule has 51 heavy (non-hydrogen) atoms. The summed E-state index contributed by atoms with van der Waals surface area (Å²) in [6, 6.07) is 0.